The first-order chi connectivity index (χ1) is 5.95. The van der Waals surface area contributed by atoms with E-state index >= 15 is 0 Å². The van der Waals surface area contributed by atoms with Crippen LogP contribution in [0.3, 0.4) is 0 Å². The second-order valence-corrected chi connectivity index (χ2v) is 4.49. The van der Waals surface area contributed by atoms with Crippen molar-refractivity contribution in [3.8, 4) is 0 Å². The Hall–Kier alpha value is -0.260. The van der Waals surface area contributed by atoms with E-state index in [1.807, 2.05) is 0 Å². The van der Waals surface area contributed by atoms with Crippen LogP contribution in [0.2, 0.25) is 0 Å². The standard InChI is InChI=1S/C12H20/c1-2-6-12-8-4-3-7-11(5-1)9-10-12/h1,5,11-12H,2-4,6-10H2. The van der Waals surface area contributed by atoms with Crippen LogP contribution in [-0.2, 0) is 0 Å². The molecule has 1 fully saturated rings. The molecule has 2 rings (SSSR count). The van der Waals surface area contributed by atoms with Gasteiger partial charge in [0.2, 0.25) is 0 Å². The molecule has 0 saturated heterocycles. The Balaban J connectivity index is 2.02. The maximum atomic E-state index is 2.49. The molecule has 0 N–H and O–H groups in total. The van der Waals surface area contributed by atoms with Gasteiger partial charge in [-0.3, -0.25) is 0 Å². The van der Waals surface area contributed by atoms with Crippen molar-refractivity contribution in [1.29, 1.82) is 0 Å². The lowest BCUT2D eigenvalue weighted by atomic mass is 9.81. The minimum absolute atomic E-state index is 0.938. The molecule has 0 aromatic carbocycles. The molecule has 0 spiro atoms. The van der Waals surface area contributed by atoms with Gasteiger partial charge in [-0.1, -0.05) is 31.4 Å². The van der Waals surface area contributed by atoms with Gasteiger partial charge < -0.3 is 0 Å². The zero-order valence-electron chi connectivity index (χ0n) is 7.97. The van der Waals surface area contributed by atoms with Crippen molar-refractivity contribution in [2.45, 2.75) is 51.4 Å². The lowest BCUT2D eigenvalue weighted by Gasteiger charge is -2.25. The fourth-order valence-corrected chi connectivity index (χ4v) is 2.68. The predicted octanol–water partition coefficient (Wildman–Crippen LogP) is 3.92. The summed E-state index contributed by atoms with van der Waals surface area (Å²) in [7, 11) is 0. The second kappa shape index (κ2) is 4.11. The highest BCUT2D eigenvalue weighted by molar-refractivity contribution is 4.92. The van der Waals surface area contributed by atoms with E-state index in [1.165, 1.54) is 51.4 Å². The first kappa shape index (κ1) is 8.34. The summed E-state index contributed by atoms with van der Waals surface area (Å²) in [6.45, 7) is 0. The molecule has 2 aliphatic carbocycles. The van der Waals surface area contributed by atoms with Crippen molar-refractivity contribution < 1.29 is 0 Å². The Morgan fingerprint density at radius 3 is 2.75 bits per heavy atom. The SMILES string of the molecule is C1=CC2CCCCC(CC1)CC2. The van der Waals surface area contributed by atoms with Crippen LogP contribution in [0, 0.1) is 11.8 Å². The molecule has 0 aliphatic heterocycles. The first-order valence-electron chi connectivity index (χ1n) is 5.62. The van der Waals surface area contributed by atoms with Gasteiger partial charge in [0.05, 0.1) is 0 Å². The summed E-state index contributed by atoms with van der Waals surface area (Å²) in [6, 6.07) is 0. The molecule has 2 atom stereocenters. The number of allylic oxidation sites excluding steroid dienone is 2. The van der Waals surface area contributed by atoms with Crippen molar-refractivity contribution >= 4 is 0 Å². The monoisotopic (exact) mass is 164 g/mol. The Bertz CT molecular complexity index is 157. The third-order valence-electron chi connectivity index (χ3n) is 3.53. The molecule has 12 heavy (non-hydrogen) atoms. The quantitative estimate of drug-likeness (QED) is 0.476. The van der Waals surface area contributed by atoms with E-state index in [0.717, 1.165) is 11.8 Å². The highest BCUT2D eigenvalue weighted by Crippen LogP contribution is 2.31. The highest BCUT2D eigenvalue weighted by atomic mass is 14.2. The fourth-order valence-electron chi connectivity index (χ4n) is 2.68. The normalized spacial score (nSPS) is 36.7. The van der Waals surface area contributed by atoms with Crippen LogP contribution < -0.4 is 0 Å². The van der Waals surface area contributed by atoms with Crippen LogP contribution >= 0.6 is 0 Å². The fraction of sp³-hybridized carbons (Fsp3) is 0.833. The van der Waals surface area contributed by atoms with Gasteiger partial charge >= 0.3 is 0 Å². The van der Waals surface area contributed by atoms with Crippen LogP contribution in [0.4, 0.5) is 0 Å². The van der Waals surface area contributed by atoms with Crippen LogP contribution in [0.5, 0.6) is 0 Å². The average molecular weight is 164 g/mol. The molecule has 0 heteroatoms. The van der Waals surface area contributed by atoms with Gasteiger partial charge in [0.25, 0.3) is 0 Å². The number of hydrogen-bond acceptors (Lipinski definition) is 0. The molecule has 0 amide bonds. The van der Waals surface area contributed by atoms with Crippen molar-refractivity contribution in [2.75, 3.05) is 0 Å². The zero-order valence-corrected chi connectivity index (χ0v) is 7.97. The average Bonchev–Trinajstić information content (AvgIpc) is 2.03. The molecule has 0 radical (unpaired) electrons. The molecule has 2 bridgehead atoms. The highest BCUT2D eigenvalue weighted by Gasteiger charge is 2.16. The van der Waals surface area contributed by atoms with Crippen LogP contribution in [0.1, 0.15) is 51.4 Å². The Morgan fingerprint density at radius 2 is 1.75 bits per heavy atom. The van der Waals surface area contributed by atoms with E-state index in [2.05, 4.69) is 12.2 Å². The van der Waals surface area contributed by atoms with Crippen LogP contribution in [0.15, 0.2) is 12.2 Å². The van der Waals surface area contributed by atoms with Crippen molar-refractivity contribution in [3.63, 3.8) is 0 Å². The summed E-state index contributed by atoms with van der Waals surface area (Å²) >= 11 is 0. The third kappa shape index (κ3) is 2.12. The summed E-state index contributed by atoms with van der Waals surface area (Å²) in [5, 5.41) is 0. The lowest BCUT2D eigenvalue weighted by Crippen LogP contribution is -2.10. The molecule has 68 valence electrons. The van der Waals surface area contributed by atoms with Gasteiger partial charge in [0.15, 0.2) is 0 Å². The van der Waals surface area contributed by atoms with E-state index in [-0.39, 0.29) is 0 Å². The van der Waals surface area contributed by atoms with Crippen molar-refractivity contribution in [2.24, 2.45) is 11.8 Å². The largest absolute Gasteiger partial charge is 0.0882 e. The summed E-state index contributed by atoms with van der Waals surface area (Å²) < 4.78 is 0. The molecule has 0 aromatic rings. The Kier molecular flexibility index (Phi) is 2.86. The smallest absolute Gasteiger partial charge is 0.0233 e. The van der Waals surface area contributed by atoms with Crippen LogP contribution in [0.25, 0.3) is 0 Å². The molecular weight excluding hydrogens is 144 g/mol. The van der Waals surface area contributed by atoms with Gasteiger partial charge in [0.1, 0.15) is 0 Å². The minimum atomic E-state index is 0.938. The molecule has 1 saturated carbocycles. The summed E-state index contributed by atoms with van der Waals surface area (Å²) in [5.41, 5.74) is 0. The Morgan fingerprint density at radius 1 is 0.833 bits per heavy atom. The first-order valence-corrected chi connectivity index (χ1v) is 5.62. The minimum Gasteiger partial charge on any atom is -0.0882 e. The molecule has 0 nitrogen and oxygen atoms in total. The summed E-state index contributed by atoms with van der Waals surface area (Å²) in [6.07, 6.45) is 16.7. The second-order valence-electron chi connectivity index (χ2n) is 4.49. The predicted molar refractivity (Wildman–Crippen MR) is 53.1 cm³/mol. The molecule has 2 aliphatic rings. The lowest BCUT2D eigenvalue weighted by molar-refractivity contribution is 0.322. The van der Waals surface area contributed by atoms with Gasteiger partial charge in [-0.25, -0.2) is 0 Å². The number of rotatable bonds is 0. The topological polar surface area (TPSA) is 0 Å². The number of fused-ring (bicyclic) bond motifs is 3. The molecular formula is C12H20. The summed E-state index contributed by atoms with van der Waals surface area (Å²) in [5.74, 6) is 2.01. The van der Waals surface area contributed by atoms with E-state index in [4.69, 9.17) is 0 Å². The third-order valence-corrected chi connectivity index (χ3v) is 3.53. The Labute approximate surface area is 76.1 Å². The van der Waals surface area contributed by atoms with E-state index in [9.17, 15) is 0 Å². The van der Waals surface area contributed by atoms with Gasteiger partial charge in [-0.2, -0.15) is 0 Å². The zero-order chi connectivity index (χ0) is 8.23. The van der Waals surface area contributed by atoms with Gasteiger partial charge in [-0.15, -0.1) is 0 Å². The summed E-state index contributed by atoms with van der Waals surface area (Å²) in [4.78, 5) is 0. The number of hydrogen-bond donors (Lipinski definition) is 0. The van der Waals surface area contributed by atoms with E-state index in [0.29, 0.717) is 0 Å². The molecule has 2 unspecified atom stereocenters. The van der Waals surface area contributed by atoms with Crippen LogP contribution in [-0.4, -0.2) is 0 Å². The van der Waals surface area contributed by atoms with E-state index in [1.54, 1.807) is 0 Å². The van der Waals surface area contributed by atoms with Gasteiger partial charge in [0, 0.05) is 0 Å². The molecule has 0 aromatic heterocycles. The maximum absolute atomic E-state index is 2.49. The van der Waals surface area contributed by atoms with E-state index < -0.39 is 0 Å². The van der Waals surface area contributed by atoms with Crippen molar-refractivity contribution in [1.82, 2.24) is 0 Å². The van der Waals surface area contributed by atoms with Gasteiger partial charge in [-0.05, 0) is 43.9 Å². The molecule has 0 heterocycles. The van der Waals surface area contributed by atoms with Crippen molar-refractivity contribution in [3.05, 3.63) is 12.2 Å². The maximum Gasteiger partial charge on any atom is -0.0233 e.